The summed E-state index contributed by atoms with van der Waals surface area (Å²) in [6, 6.07) is 10.7. The van der Waals surface area contributed by atoms with Crippen LogP contribution in [-0.2, 0) is 13.0 Å². The third-order valence-corrected chi connectivity index (χ3v) is 3.64. The third kappa shape index (κ3) is 3.76. The normalized spacial score (nSPS) is 10.7. The molecule has 0 aliphatic heterocycles. The van der Waals surface area contributed by atoms with Crippen molar-refractivity contribution in [1.29, 1.82) is 0 Å². The Morgan fingerprint density at radius 3 is 2.91 bits per heavy atom. The van der Waals surface area contributed by atoms with E-state index in [0.29, 0.717) is 17.3 Å². The van der Waals surface area contributed by atoms with E-state index in [4.69, 9.17) is 11.6 Å². The highest BCUT2D eigenvalue weighted by Crippen LogP contribution is 2.12. The number of H-pyrrole nitrogens is 1. The molecule has 0 saturated carbocycles. The fourth-order valence-electron chi connectivity index (χ4n) is 2.33. The maximum absolute atomic E-state index is 12.2. The average Bonchev–Trinajstić information content (AvgIpc) is 2.94. The third-order valence-electron chi connectivity index (χ3n) is 3.40. The number of carbonyl (C=O) groups is 1. The Balaban J connectivity index is 1.71. The zero-order valence-corrected chi connectivity index (χ0v) is 13.0. The molecule has 2 heterocycles. The molecule has 0 fully saturated rings. The second-order valence-electron chi connectivity index (χ2n) is 5.18. The van der Waals surface area contributed by atoms with Crippen LogP contribution in [0.5, 0.6) is 0 Å². The largest absolute Gasteiger partial charge is 0.333 e. The summed E-state index contributed by atoms with van der Waals surface area (Å²) in [7, 11) is 0. The molecule has 0 saturated heterocycles. The van der Waals surface area contributed by atoms with Crippen molar-refractivity contribution in [1.82, 2.24) is 14.5 Å². The molecule has 3 rings (SSSR count). The maximum atomic E-state index is 12.2. The smallest absolute Gasteiger partial charge is 0.258 e. The van der Waals surface area contributed by atoms with Crippen LogP contribution >= 0.6 is 11.6 Å². The molecule has 6 heteroatoms. The number of pyridine rings is 1. The Kier molecular flexibility index (Phi) is 4.39. The molecule has 23 heavy (non-hydrogen) atoms. The summed E-state index contributed by atoms with van der Waals surface area (Å²) in [5.41, 5.74) is 1.44. The van der Waals surface area contributed by atoms with E-state index >= 15 is 0 Å². The van der Waals surface area contributed by atoms with Gasteiger partial charge in [-0.1, -0.05) is 23.7 Å². The van der Waals surface area contributed by atoms with Crippen LogP contribution in [0.25, 0.3) is 0 Å². The first-order valence-corrected chi connectivity index (χ1v) is 7.45. The number of rotatable bonds is 5. The Labute approximate surface area is 137 Å². The summed E-state index contributed by atoms with van der Waals surface area (Å²) in [4.78, 5) is 30.5. The van der Waals surface area contributed by atoms with Crippen LogP contribution in [0.1, 0.15) is 21.6 Å². The Hall–Kier alpha value is -2.66. The molecular formula is C17H14ClN3O2. The lowest BCUT2D eigenvalue weighted by atomic mass is 10.1. The molecule has 0 unspecified atom stereocenters. The highest BCUT2D eigenvalue weighted by Gasteiger charge is 2.12. The zero-order valence-electron chi connectivity index (χ0n) is 12.2. The van der Waals surface area contributed by atoms with Crippen LogP contribution in [0.3, 0.4) is 0 Å². The fraction of sp³-hybridized carbons (Fsp3) is 0.118. The lowest BCUT2D eigenvalue weighted by Gasteiger charge is -2.02. The van der Waals surface area contributed by atoms with Gasteiger partial charge in [0.2, 0.25) is 0 Å². The SMILES string of the molecule is O=C(Cc1cn(Cc2cccc(Cl)c2)cn1)c1ccc[nH]c1=O. The minimum Gasteiger partial charge on any atom is -0.333 e. The van der Waals surface area contributed by atoms with Crippen molar-refractivity contribution < 1.29 is 4.79 Å². The predicted octanol–water partition coefficient (Wildman–Crippen LogP) is 2.70. The molecule has 0 aliphatic rings. The molecule has 5 nitrogen and oxygen atoms in total. The van der Waals surface area contributed by atoms with Gasteiger partial charge in [0, 0.05) is 24.0 Å². The van der Waals surface area contributed by atoms with E-state index in [2.05, 4.69) is 9.97 Å². The van der Waals surface area contributed by atoms with Crippen molar-refractivity contribution >= 4 is 17.4 Å². The number of nitrogens with zero attached hydrogens (tertiary/aromatic N) is 2. The standard InChI is InChI=1S/C17H14ClN3O2/c18-13-4-1-3-12(7-13)9-21-10-14(20-11-21)8-16(22)15-5-2-6-19-17(15)23/h1-7,10-11H,8-9H2,(H,19,23). The Morgan fingerprint density at radius 1 is 1.26 bits per heavy atom. The van der Waals surface area contributed by atoms with Gasteiger partial charge in [-0.2, -0.15) is 0 Å². The second kappa shape index (κ2) is 6.62. The zero-order chi connectivity index (χ0) is 16.2. The number of aromatic nitrogens is 3. The molecule has 1 aromatic carbocycles. The molecule has 0 atom stereocenters. The molecule has 0 spiro atoms. The van der Waals surface area contributed by atoms with Gasteiger partial charge in [-0.05, 0) is 29.8 Å². The summed E-state index contributed by atoms with van der Waals surface area (Å²) in [6.07, 6.45) is 5.06. The van der Waals surface area contributed by atoms with Gasteiger partial charge in [0.15, 0.2) is 5.78 Å². The summed E-state index contributed by atoms with van der Waals surface area (Å²) in [5, 5.41) is 0.682. The van der Waals surface area contributed by atoms with Gasteiger partial charge in [-0.25, -0.2) is 4.98 Å². The van der Waals surface area contributed by atoms with E-state index in [-0.39, 0.29) is 23.3 Å². The topological polar surface area (TPSA) is 67.8 Å². The predicted molar refractivity (Wildman–Crippen MR) is 87.9 cm³/mol. The van der Waals surface area contributed by atoms with Crippen LogP contribution in [0.2, 0.25) is 5.02 Å². The molecule has 0 radical (unpaired) electrons. The van der Waals surface area contributed by atoms with Crippen LogP contribution in [-0.4, -0.2) is 20.3 Å². The van der Waals surface area contributed by atoms with E-state index < -0.39 is 0 Å². The Bertz CT molecular complexity index is 898. The molecule has 2 aromatic heterocycles. The Morgan fingerprint density at radius 2 is 2.13 bits per heavy atom. The lowest BCUT2D eigenvalue weighted by molar-refractivity contribution is 0.0990. The van der Waals surface area contributed by atoms with E-state index in [1.165, 1.54) is 12.3 Å². The molecule has 0 bridgehead atoms. The first-order valence-electron chi connectivity index (χ1n) is 7.08. The molecule has 0 aliphatic carbocycles. The highest BCUT2D eigenvalue weighted by molar-refractivity contribution is 6.30. The first kappa shape index (κ1) is 15.2. The number of benzene rings is 1. The van der Waals surface area contributed by atoms with Crippen molar-refractivity contribution in [3.8, 4) is 0 Å². The van der Waals surface area contributed by atoms with Gasteiger partial charge in [0.1, 0.15) is 0 Å². The number of ketones is 1. The van der Waals surface area contributed by atoms with Crippen molar-refractivity contribution in [2.75, 3.05) is 0 Å². The monoisotopic (exact) mass is 327 g/mol. The summed E-state index contributed by atoms with van der Waals surface area (Å²) < 4.78 is 1.88. The number of nitrogens with one attached hydrogen (secondary N) is 1. The molecular weight excluding hydrogens is 314 g/mol. The van der Waals surface area contributed by atoms with Crippen molar-refractivity contribution in [3.05, 3.63) is 87.3 Å². The lowest BCUT2D eigenvalue weighted by Crippen LogP contribution is -2.18. The number of hydrogen-bond acceptors (Lipinski definition) is 3. The molecule has 3 aromatic rings. The van der Waals surface area contributed by atoms with E-state index in [1.54, 1.807) is 18.6 Å². The van der Waals surface area contributed by atoms with Crippen molar-refractivity contribution in [3.63, 3.8) is 0 Å². The van der Waals surface area contributed by atoms with Gasteiger partial charge in [-0.15, -0.1) is 0 Å². The first-order chi connectivity index (χ1) is 11.1. The molecule has 116 valence electrons. The minimum atomic E-state index is -0.379. The van der Waals surface area contributed by atoms with Crippen molar-refractivity contribution in [2.45, 2.75) is 13.0 Å². The fourth-order valence-corrected chi connectivity index (χ4v) is 2.54. The van der Waals surface area contributed by atoms with E-state index in [1.807, 2.05) is 28.8 Å². The second-order valence-corrected chi connectivity index (χ2v) is 5.62. The van der Waals surface area contributed by atoms with E-state index in [9.17, 15) is 9.59 Å². The number of halogens is 1. The summed E-state index contributed by atoms with van der Waals surface area (Å²) in [5.74, 6) is -0.250. The van der Waals surface area contributed by atoms with Gasteiger partial charge < -0.3 is 9.55 Å². The average molecular weight is 328 g/mol. The highest BCUT2D eigenvalue weighted by atomic mass is 35.5. The summed E-state index contributed by atoms with van der Waals surface area (Å²) >= 11 is 5.97. The van der Waals surface area contributed by atoms with Gasteiger partial charge >= 0.3 is 0 Å². The number of hydrogen-bond donors (Lipinski definition) is 1. The van der Waals surface area contributed by atoms with Crippen molar-refractivity contribution in [2.24, 2.45) is 0 Å². The number of Topliss-reactive ketones (excluding diaryl/α,β-unsaturated/α-hetero) is 1. The van der Waals surface area contributed by atoms with Crippen LogP contribution in [0.15, 0.2) is 59.9 Å². The maximum Gasteiger partial charge on any atom is 0.258 e. The summed E-state index contributed by atoms with van der Waals surface area (Å²) in [6.45, 7) is 0.619. The van der Waals surface area contributed by atoms with Gasteiger partial charge in [0.05, 0.1) is 24.0 Å². The number of aromatic amines is 1. The van der Waals surface area contributed by atoms with Crippen LogP contribution in [0.4, 0.5) is 0 Å². The number of imidazole rings is 1. The quantitative estimate of drug-likeness (QED) is 0.733. The van der Waals surface area contributed by atoms with Gasteiger partial charge in [0.25, 0.3) is 5.56 Å². The van der Waals surface area contributed by atoms with Crippen LogP contribution < -0.4 is 5.56 Å². The molecule has 0 amide bonds. The van der Waals surface area contributed by atoms with Gasteiger partial charge in [-0.3, -0.25) is 9.59 Å². The van der Waals surface area contributed by atoms with E-state index in [0.717, 1.165) is 5.56 Å². The minimum absolute atomic E-state index is 0.0929. The number of carbonyl (C=O) groups excluding carboxylic acids is 1. The van der Waals surface area contributed by atoms with Crippen LogP contribution in [0, 0.1) is 0 Å². The molecule has 1 N–H and O–H groups in total.